The Balaban J connectivity index is 1.42. The maximum atomic E-state index is 12.2. The molecule has 0 fully saturated rings. The van der Waals surface area contributed by atoms with E-state index in [1.807, 2.05) is 55.5 Å². The molecule has 0 saturated heterocycles. The minimum Gasteiger partial charge on any atom is -0.335 e. The van der Waals surface area contributed by atoms with Crippen LogP contribution in [0.15, 0.2) is 59.8 Å². The normalized spacial score (nSPS) is 10.8. The number of benzene rings is 1. The number of hydrogen-bond acceptors (Lipinski definition) is 7. The van der Waals surface area contributed by atoms with Crippen LogP contribution in [0.3, 0.4) is 0 Å². The Labute approximate surface area is 170 Å². The predicted octanol–water partition coefficient (Wildman–Crippen LogP) is 2.48. The van der Waals surface area contributed by atoms with E-state index in [4.69, 9.17) is 5.84 Å². The van der Waals surface area contributed by atoms with Gasteiger partial charge in [0.05, 0.1) is 11.4 Å². The summed E-state index contributed by atoms with van der Waals surface area (Å²) in [5, 5.41) is 18.6. The van der Waals surface area contributed by atoms with Crippen LogP contribution in [-0.2, 0) is 4.79 Å². The highest BCUT2D eigenvalue weighted by Gasteiger charge is 2.16. The summed E-state index contributed by atoms with van der Waals surface area (Å²) in [7, 11) is 0. The van der Waals surface area contributed by atoms with Crippen molar-refractivity contribution in [1.82, 2.24) is 30.1 Å². The average molecular weight is 406 g/mol. The smallest absolute Gasteiger partial charge is 0.236 e. The summed E-state index contributed by atoms with van der Waals surface area (Å²) in [4.78, 5) is 16.4. The lowest BCUT2D eigenvalue weighted by molar-refractivity contribution is -0.113. The molecule has 3 heterocycles. The van der Waals surface area contributed by atoms with Gasteiger partial charge in [-0.1, -0.05) is 48.2 Å². The number of nitrogen functional groups attached to an aromatic ring is 1. The van der Waals surface area contributed by atoms with Crippen LogP contribution in [0.1, 0.15) is 5.69 Å². The summed E-state index contributed by atoms with van der Waals surface area (Å²) >= 11 is 1.19. The van der Waals surface area contributed by atoms with Gasteiger partial charge in [0.25, 0.3) is 0 Å². The van der Waals surface area contributed by atoms with Gasteiger partial charge in [-0.15, -0.1) is 10.2 Å². The van der Waals surface area contributed by atoms with Crippen LogP contribution in [0.5, 0.6) is 0 Å². The first kappa shape index (κ1) is 18.7. The molecule has 1 amide bonds. The molecule has 4 N–H and O–H groups in total. The molecule has 0 aliphatic rings. The molecule has 0 saturated carbocycles. The number of rotatable bonds is 6. The minimum atomic E-state index is -0.203. The third-order valence-corrected chi connectivity index (χ3v) is 4.98. The number of carbonyl (C=O) groups is 1. The largest absolute Gasteiger partial charge is 0.335 e. The fourth-order valence-electron chi connectivity index (χ4n) is 2.67. The van der Waals surface area contributed by atoms with E-state index in [0.29, 0.717) is 22.5 Å². The number of aromatic nitrogens is 6. The van der Waals surface area contributed by atoms with E-state index >= 15 is 0 Å². The quantitative estimate of drug-likeness (QED) is 0.331. The third kappa shape index (κ3) is 4.27. The van der Waals surface area contributed by atoms with Crippen molar-refractivity contribution in [3.63, 3.8) is 0 Å². The Morgan fingerprint density at radius 2 is 2.00 bits per heavy atom. The second-order valence-electron chi connectivity index (χ2n) is 6.21. The molecule has 9 nitrogen and oxygen atoms in total. The van der Waals surface area contributed by atoms with E-state index < -0.39 is 0 Å². The average Bonchev–Trinajstić information content (AvgIpc) is 3.34. The van der Waals surface area contributed by atoms with Gasteiger partial charge in [-0.25, -0.2) is 9.66 Å². The highest BCUT2D eigenvalue weighted by molar-refractivity contribution is 7.99. The Morgan fingerprint density at radius 3 is 2.79 bits per heavy atom. The topological polar surface area (TPSA) is 127 Å². The molecule has 0 aliphatic carbocycles. The standard InChI is InChI=1S/C19H18N8OS/c1-12-6-5-9-16(21-12)22-17(28)11-29-19-26-25-18(27(19)20)15-10-14(23-24-15)13-7-3-2-4-8-13/h2-10H,11,20H2,1H3,(H,23,24)(H,21,22,28). The lowest BCUT2D eigenvalue weighted by Gasteiger charge is -2.05. The van der Waals surface area contributed by atoms with Crippen molar-refractivity contribution >= 4 is 23.5 Å². The first-order valence-electron chi connectivity index (χ1n) is 8.78. The molecule has 4 rings (SSSR count). The minimum absolute atomic E-state index is 0.128. The molecule has 0 atom stereocenters. The van der Waals surface area contributed by atoms with E-state index in [0.717, 1.165) is 17.0 Å². The van der Waals surface area contributed by atoms with Crippen LogP contribution in [-0.4, -0.2) is 41.7 Å². The summed E-state index contributed by atoms with van der Waals surface area (Å²) in [6.07, 6.45) is 0. The molecule has 0 aliphatic heterocycles. The molecule has 0 spiro atoms. The molecular weight excluding hydrogens is 388 g/mol. The lowest BCUT2D eigenvalue weighted by Crippen LogP contribution is -2.17. The van der Waals surface area contributed by atoms with E-state index in [-0.39, 0.29) is 11.7 Å². The van der Waals surface area contributed by atoms with Crippen LogP contribution in [0.25, 0.3) is 22.8 Å². The highest BCUT2D eigenvalue weighted by atomic mass is 32.2. The number of pyridine rings is 1. The Morgan fingerprint density at radius 1 is 1.17 bits per heavy atom. The van der Waals surface area contributed by atoms with E-state index in [1.165, 1.54) is 16.4 Å². The van der Waals surface area contributed by atoms with Crippen molar-refractivity contribution < 1.29 is 4.79 Å². The number of amides is 1. The van der Waals surface area contributed by atoms with Gasteiger partial charge < -0.3 is 11.2 Å². The fourth-order valence-corrected chi connectivity index (χ4v) is 3.33. The van der Waals surface area contributed by atoms with Gasteiger partial charge in [-0.2, -0.15) is 5.10 Å². The van der Waals surface area contributed by atoms with Crippen molar-refractivity contribution in [2.75, 3.05) is 16.9 Å². The van der Waals surface area contributed by atoms with Crippen molar-refractivity contribution in [2.24, 2.45) is 0 Å². The van der Waals surface area contributed by atoms with E-state index in [1.54, 1.807) is 6.07 Å². The summed E-state index contributed by atoms with van der Waals surface area (Å²) in [5.74, 6) is 6.99. The number of nitrogens with two attached hydrogens (primary N) is 1. The van der Waals surface area contributed by atoms with Gasteiger partial charge in [0.1, 0.15) is 11.5 Å². The second kappa shape index (κ2) is 8.15. The van der Waals surface area contributed by atoms with Crippen LogP contribution >= 0.6 is 11.8 Å². The molecule has 146 valence electrons. The first-order valence-corrected chi connectivity index (χ1v) is 9.77. The van der Waals surface area contributed by atoms with Gasteiger partial charge in [0.15, 0.2) is 0 Å². The zero-order valence-corrected chi connectivity index (χ0v) is 16.3. The second-order valence-corrected chi connectivity index (χ2v) is 7.15. The predicted molar refractivity (Wildman–Crippen MR) is 112 cm³/mol. The van der Waals surface area contributed by atoms with Gasteiger partial charge >= 0.3 is 0 Å². The van der Waals surface area contributed by atoms with Crippen molar-refractivity contribution in [3.05, 3.63) is 60.3 Å². The van der Waals surface area contributed by atoms with Crippen LogP contribution in [0.4, 0.5) is 5.82 Å². The number of H-pyrrole nitrogens is 1. The van der Waals surface area contributed by atoms with Gasteiger partial charge in [0.2, 0.25) is 16.9 Å². The number of nitrogens with zero attached hydrogens (tertiary/aromatic N) is 5. The maximum Gasteiger partial charge on any atom is 0.236 e. The SMILES string of the molecule is Cc1cccc(NC(=O)CSc2nnc(-c3cc(-c4ccccc4)n[nH]3)n2N)n1. The molecule has 0 unspecified atom stereocenters. The van der Waals surface area contributed by atoms with E-state index in [2.05, 4.69) is 30.7 Å². The molecule has 4 aromatic rings. The number of aryl methyl sites for hydroxylation is 1. The zero-order valence-electron chi connectivity index (χ0n) is 15.5. The third-order valence-electron chi connectivity index (χ3n) is 4.04. The number of hydrogen-bond donors (Lipinski definition) is 3. The molecule has 29 heavy (non-hydrogen) atoms. The Hall–Kier alpha value is -3.66. The number of thioether (sulfide) groups is 1. The molecule has 3 aromatic heterocycles. The van der Waals surface area contributed by atoms with Gasteiger partial charge in [0, 0.05) is 11.3 Å². The Bertz CT molecular complexity index is 1140. The summed E-state index contributed by atoms with van der Waals surface area (Å²) in [5.41, 5.74) is 3.23. The van der Waals surface area contributed by atoms with Crippen LogP contribution in [0, 0.1) is 6.92 Å². The first-order chi connectivity index (χ1) is 14.1. The monoisotopic (exact) mass is 406 g/mol. The van der Waals surface area contributed by atoms with E-state index in [9.17, 15) is 4.79 Å². The maximum absolute atomic E-state index is 12.2. The van der Waals surface area contributed by atoms with Crippen molar-refractivity contribution in [2.45, 2.75) is 12.1 Å². The summed E-state index contributed by atoms with van der Waals surface area (Å²) in [6, 6.07) is 17.1. The van der Waals surface area contributed by atoms with Crippen molar-refractivity contribution in [1.29, 1.82) is 0 Å². The van der Waals surface area contributed by atoms with Crippen molar-refractivity contribution in [3.8, 4) is 22.8 Å². The fraction of sp³-hybridized carbons (Fsp3) is 0.105. The molecule has 10 heteroatoms. The zero-order chi connectivity index (χ0) is 20.2. The summed E-state index contributed by atoms with van der Waals surface area (Å²) in [6.45, 7) is 1.86. The molecular formula is C19H18N8OS. The van der Waals surface area contributed by atoms with Gasteiger partial charge in [-0.3, -0.25) is 9.89 Å². The van der Waals surface area contributed by atoms with Gasteiger partial charge in [-0.05, 0) is 25.1 Å². The Kier molecular flexibility index (Phi) is 5.25. The molecule has 0 bridgehead atoms. The lowest BCUT2D eigenvalue weighted by atomic mass is 10.1. The number of nitrogens with one attached hydrogen (secondary N) is 2. The number of aromatic amines is 1. The number of carbonyl (C=O) groups excluding carboxylic acids is 1. The molecule has 1 aromatic carbocycles. The van der Waals surface area contributed by atoms with Crippen LogP contribution in [0.2, 0.25) is 0 Å². The number of anilines is 1. The van der Waals surface area contributed by atoms with Crippen LogP contribution < -0.4 is 11.2 Å². The summed E-state index contributed by atoms with van der Waals surface area (Å²) < 4.78 is 1.34. The molecule has 0 radical (unpaired) electrons. The highest BCUT2D eigenvalue weighted by Crippen LogP contribution is 2.24.